The Morgan fingerprint density at radius 2 is 0.464 bits per heavy atom. The molecule has 112 heavy (non-hydrogen) atoms. The van der Waals surface area contributed by atoms with E-state index in [0.717, 1.165) is 199 Å². The van der Waals surface area contributed by atoms with Crippen LogP contribution in [0.2, 0.25) is 0 Å². The number of hydrogen-bond donors (Lipinski definition) is 3. The van der Waals surface area contributed by atoms with Gasteiger partial charge in [-0.1, -0.05) is 334 Å². The van der Waals surface area contributed by atoms with Crippen LogP contribution in [0, 0.1) is 0 Å². The van der Waals surface area contributed by atoms with Crippen LogP contribution in [0.1, 0.15) is 362 Å². The Balaban J connectivity index is 5.43. The summed E-state index contributed by atoms with van der Waals surface area (Å²) < 4.78 is 68.9. The van der Waals surface area contributed by atoms with Gasteiger partial charge in [0, 0.05) is 25.7 Å². The molecule has 17 nitrogen and oxygen atoms in total. The van der Waals surface area contributed by atoms with Gasteiger partial charge in [0.15, 0.2) is 12.2 Å². The maximum Gasteiger partial charge on any atom is 0.472 e. The fraction of sp³-hybridized carbons (Fsp3) is 0.699. The first kappa shape index (κ1) is 107. The molecule has 0 spiro atoms. The van der Waals surface area contributed by atoms with E-state index >= 15 is 0 Å². The minimum absolute atomic E-state index is 0.0693. The van der Waals surface area contributed by atoms with E-state index in [9.17, 15) is 43.2 Å². The quantitative estimate of drug-likeness (QED) is 0.0169. The molecule has 0 heterocycles. The van der Waals surface area contributed by atoms with E-state index in [1.54, 1.807) is 0 Å². The number of esters is 4. The summed E-state index contributed by atoms with van der Waals surface area (Å²) in [6.45, 7) is 4.61. The molecule has 0 rings (SSSR count). The number of carbonyl (C=O) groups excluding carboxylic acids is 4. The summed E-state index contributed by atoms with van der Waals surface area (Å²) in [6.07, 6.45) is 97.9. The second-order valence-corrected chi connectivity index (χ2v) is 32.0. The van der Waals surface area contributed by atoms with Crippen molar-refractivity contribution >= 4 is 39.5 Å². The predicted molar refractivity (Wildman–Crippen MR) is 464 cm³/mol. The van der Waals surface area contributed by atoms with Crippen molar-refractivity contribution < 1.29 is 80.2 Å². The van der Waals surface area contributed by atoms with Gasteiger partial charge in [0.25, 0.3) is 0 Å². The molecule has 3 N–H and O–H groups in total. The van der Waals surface area contributed by atoms with E-state index in [-0.39, 0.29) is 25.7 Å². The lowest BCUT2D eigenvalue weighted by molar-refractivity contribution is -0.161. The van der Waals surface area contributed by atoms with Gasteiger partial charge in [0.05, 0.1) is 26.4 Å². The van der Waals surface area contributed by atoms with Crippen LogP contribution >= 0.6 is 15.6 Å². The molecule has 0 aromatic heterocycles. The van der Waals surface area contributed by atoms with Crippen molar-refractivity contribution in [3.05, 3.63) is 146 Å². The van der Waals surface area contributed by atoms with Crippen LogP contribution in [-0.4, -0.2) is 96.7 Å². The molecule has 0 aliphatic rings. The Hall–Kier alpha value is -5.06. The van der Waals surface area contributed by atoms with E-state index in [4.69, 9.17) is 37.0 Å². The van der Waals surface area contributed by atoms with Gasteiger partial charge in [-0.25, -0.2) is 9.13 Å². The average Bonchev–Trinajstić information content (AvgIpc) is 0.898. The molecule has 642 valence electrons. The summed E-state index contributed by atoms with van der Waals surface area (Å²) in [7, 11) is -9.99. The maximum atomic E-state index is 13.2. The van der Waals surface area contributed by atoms with E-state index in [1.807, 2.05) is 0 Å². The third-order valence-corrected chi connectivity index (χ3v) is 20.2. The highest BCUT2D eigenvalue weighted by atomic mass is 31.2. The average molecular weight is 1610 g/mol. The Labute approximate surface area is 681 Å². The smallest absolute Gasteiger partial charge is 0.462 e. The number of ether oxygens (including phenoxy) is 4. The highest BCUT2D eigenvalue weighted by Crippen LogP contribution is 2.45. The summed E-state index contributed by atoms with van der Waals surface area (Å²) in [5.74, 6) is -2.23. The highest BCUT2D eigenvalue weighted by molar-refractivity contribution is 7.47. The van der Waals surface area contributed by atoms with Gasteiger partial charge in [-0.15, -0.1) is 0 Å². The van der Waals surface area contributed by atoms with E-state index in [1.165, 1.54) is 83.5 Å². The first-order valence-corrected chi connectivity index (χ1v) is 47.1. The Morgan fingerprint density at radius 1 is 0.259 bits per heavy atom. The molecule has 0 aromatic rings. The molecule has 0 amide bonds. The zero-order chi connectivity index (χ0) is 81.7. The molecule has 0 bridgehead atoms. The maximum absolute atomic E-state index is 13.2. The molecule has 0 aromatic carbocycles. The highest BCUT2D eigenvalue weighted by Gasteiger charge is 2.30. The standard InChI is InChI=1S/C93H158O17P2/c1-5-9-13-17-21-25-29-33-37-40-43-46-50-53-57-61-65-69-73-77-90(95)103-83-88(109-92(97)79-75-71-67-63-59-55-49-36-32-28-24-20-16-12-8-4)85-107-111(99,100)105-81-87(94)82-106-112(101,102)108-86-89(110-93(98)80-76-72-68-64-60-56-52-48-45-42-39-35-31-27-23-19-15-11-7-3)84-104-91(96)78-74-70-66-62-58-54-51-47-44-41-38-34-30-26-22-18-14-10-6-2/h9-10,13-14,21-23,25-27,33-35,37-39,43-48,54,58,87-89,94H,5-8,11-12,15-20,24,28-32,36,40-42,49-53,55-57,59-86H2,1-4H3,(H,99,100)(H,101,102)/b13-9-,14-10-,25-21-,26-22-,27-23-,37-33-,38-34-,39-35-,46-43-,47-44-,48-45-,58-54-. The summed E-state index contributed by atoms with van der Waals surface area (Å²) in [5.41, 5.74) is 0. The number of phosphoric acid groups is 2. The second-order valence-electron chi connectivity index (χ2n) is 29.1. The largest absolute Gasteiger partial charge is 0.472 e. The van der Waals surface area contributed by atoms with Crippen LogP contribution in [0.3, 0.4) is 0 Å². The van der Waals surface area contributed by atoms with Crippen LogP contribution in [0.15, 0.2) is 146 Å². The van der Waals surface area contributed by atoms with Crippen molar-refractivity contribution in [1.82, 2.24) is 0 Å². The molecule has 0 saturated heterocycles. The van der Waals surface area contributed by atoms with E-state index in [0.29, 0.717) is 25.7 Å². The van der Waals surface area contributed by atoms with E-state index < -0.39 is 97.5 Å². The van der Waals surface area contributed by atoms with Gasteiger partial charge < -0.3 is 33.8 Å². The molecular formula is C93H158O17P2. The minimum atomic E-state index is -5.00. The lowest BCUT2D eigenvalue weighted by Gasteiger charge is -2.21. The van der Waals surface area contributed by atoms with Crippen LogP contribution < -0.4 is 0 Å². The lowest BCUT2D eigenvalue weighted by Crippen LogP contribution is -2.30. The van der Waals surface area contributed by atoms with Crippen LogP contribution in [0.4, 0.5) is 0 Å². The summed E-state index contributed by atoms with van der Waals surface area (Å²) in [4.78, 5) is 73.4. The number of aliphatic hydroxyl groups excluding tert-OH is 1. The second kappa shape index (κ2) is 83.9. The Morgan fingerprint density at radius 3 is 0.741 bits per heavy atom. The number of rotatable bonds is 82. The summed E-state index contributed by atoms with van der Waals surface area (Å²) in [5, 5.41) is 10.7. The number of aliphatic hydroxyl groups is 1. The number of hydrogen-bond acceptors (Lipinski definition) is 15. The predicted octanol–water partition coefficient (Wildman–Crippen LogP) is 26.6. The molecule has 5 unspecified atom stereocenters. The zero-order valence-corrected chi connectivity index (χ0v) is 72.3. The summed E-state index contributed by atoms with van der Waals surface area (Å²) in [6, 6.07) is 0. The van der Waals surface area contributed by atoms with Gasteiger partial charge in [-0.3, -0.25) is 37.3 Å². The van der Waals surface area contributed by atoms with Gasteiger partial charge in [0.1, 0.15) is 19.3 Å². The topological polar surface area (TPSA) is 237 Å². The normalized spacial score (nSPS) is 14.5. The van der Waals surface area contributed by atoms with Crippen LogP contribution in [0.5, 0.6) is 0 Å². The monoisotopic (exact) mass is 1610 g/mol. The van der Waals surface area contributed by atoms with Gasteiger partial charge >= 0.3 is 39.5 Å². The summed E-state index contributed by atoms with van der Waals surface area (Å²) >= 11 is 0. The minimum Gasteiger partial charge on any atom is -0.462 e. The van der Waals surface area contributed by atoms with Gasteiger partial charge in [-0.05, 0) is 148 Å². The van der Waals surface area contributed by atoms with Crippen LogP contribution in [0.25, 0.3) is 0 Å². The molecular weight excluding hydrogens is 1450 g/mol. The molecule has 5 atom stereocenters. The van der Waals surface area contributed by atoms with Gasteiger partial charge in [0.2, 0.25) is 0 Å². The zero-order valence-electron chi connectivity index (χ0n) is 70.6. The number of unbranched alkanes of at least 4 members (excludes halogenated alkanes) is 32. The van der Waals surface area contributed by atoms with Crippen molar-refractivity contribution in [2.24, 2.45) is 0 Å². The number of carbonyl (C=O) groups is 4. The molecule has 19 heteroatoms. The van der Waals surface area contributed by atoms with Crippen molar-refractivity contribution in [3.8, 4) is 0 Å². The van der Waals surface area contributed by atoms with Crippen LogP contribution in [-0.2, 0) is 65.4 Å². The molecule has 0 saturated carbocycles. The first-order valence-electron chi connectivity index (χ1n) is 44.1. The third-order valence-electron chi connectivity index (χ3n) is 18.3. The molecule has 0 aliphatic carbocycles. The molecule has 0 radical (unpaired) electrons. The fourth-order valence-corrected chi connectivity index (χ4v) is 13.2. The Kier molecular flexibility index (Phi) is 80.1. The fourth-order valence-electron chi connectivity index (χ4n) is 11.7. The number of phosphoric ester groups is 2. The third kappa shape index (κ3) is 82.9. The first-order chi connectivity index (χ1) is 54.7. The van der Waals surface area contributed by atoms with Crippen molar-refractivity contribution in [3.63, 3.8) is 0 Å². The molecule has 0 aliphatic heterocycles. The van der Waals surface area contributed by atoms with E-state index in [2.05, 4.69) is 174 Å². The molecule has 0 fully saturated rings. The Bertz CT molecular complexity index is 2690. The van der Waals surface area contributed by atoms with Crippen molar-refractivity contribution in [2.45, 2.75) is 380 Å². The van der Waals surface area contributed by atoms with Crippen molar-refractivity contribution in [1.29, 1.82) is 0 Å². The van der Waals surface area contributed by atoms with Gasteiger partial charge in [-0.2, -0.15) is 0 Å². The SMILES string of the molecule is CC/C=C\C/C=C\C/C=C\C/C=C\C/C=C\CCCCCC(=O)OCC(COP(=O)(O)OCC(O)COP(=O)(O)OCC(COC(=O)CCCCCCCC/C=C\C/C=C\C/C=C\C/C=C\CC)OC(=O)CCCCCCCCCCCCCCCCC)OC(=O)CCCCCCCC/C=C\C/C=C\C/C=C\CCCCC. The lowest BCUT2D eigenvalue weighted by atomic mass is 10.0. The number of allylic oxidation sites excluding steroid dienone is 24. The van der Waals surface area contributed by atoms with Crippen molar-refractivity contribution in [2.75, 3.05) is 39.6 Å².